The highest BCUT2D eigenvalue weighted by atomic mass is 16.3. The molecule has 0 aliphatic heterocycles. The molecule has 3 N–H and O–H groups in total. The lowest BCUT2D eigenvalue weighted by Gasteiger charge is -2.16. The van der Waals surface area contributed by atoms with Gasteiger partial charge in [0.2, 0.25) is 5.91 Å². The van der Waals surface area contributed by atoms with Gasteiger partial charge in [0.25, 0.3) is 0 Å². The molecular weight excluding hydrogens is 230 g/mol. The average molecular weight is 251 g/mol. The summed E-state index contributed by atoms with van der Waals surface area (Å²) in [5.74, 6) is 0.195. The first-order valence-corrected chi connectivity index (χ1v) is 6.33. The lowest BCUT2D eigenvalue weighted by atomic mass is 10.1. The number of unbranched alkanes of at least 4 members (excludes halogenated alkanes) is 1. The summed E-state index contributed by atoms with van der Waals surface area (Å²) in [5, 5.41) is 21.2. The molecule has 0 saturated heterocycles. The zero-order valence-corrected chi connectivity index (χ0v) is 10.7. The molecule has 0 aliphatic carbocycles. The van der Waals surface area contributed by atoms with Crippen LogP contribution in [0.4, 0.5) is 0 Å². The van der Waals surface area contributed by atoms with E-state index in [-0.39, 0.29) is 24.3 Å². The van der Waals surface area contributed by atoms with Crippen molar-refractivity contribution >= 4 is 5.91 Å². The molecule has 0 aliphatic rings. The number of rotatable bonds is 7. The van der Waals surface area contributed by atoms with E-state index >= 15 is 0 Å². The largest absolute Gasteiger partial charge is 0.508 e. The van der Waals surface area contributed by atoms with Crippen molar-refractivity contribution in [3.8, 4) is 5.75 Å². The van der Waals surface area contributed by atoms with Crippen molar-refractivity contribution in [3.05, 3.63) is 29.8 Å². The molecule has 1 aromatic rings. The molecule has 0 aromatic heterocycles. The zero-order chi connectivity index (χ0) is 13.4. The Morgan fingerprint density at radius 1 is 1.33 bits per heavy atom. The number of hydrogen-bond acceptors (Lipinski definition) is 3. The minimum Gasteiger partial charge on any atom is -0.508 e. The molecule has 0 heterocycles. The van der Waals surface area contributed by atoms with Crippen LogP contribution in [-0.4, -0.2) is 28.8 Å². The highest BCUT2D eigenvalue weighted by Crippen LogP contribution is 2.11. The maximum absolute atomic E-state index is 11.6. The van der Waals surface area contributed by atoms with Crippen LogP contribution in [0.1, 0.15) is 31.7 Å². The van der Waals surface area contributed by atoms with Gasteiger partial charge in [-0.3, -0.25) is 4.79 Å². The van der Waals surface area contributed by atoms with E-state index in [1.807, 2.05) is 6.92 Å². The van der Waals surface area contributed by atoms with E-state index in [2.05, 4.69) is 5.32 Å². The number of aliphatic hydroxyl groups is 1. The maximum atomic E-state index is 11.6. The number of nitrogens with one attached hydrogen (secondary N) is 1. The van der Waals surface area contributed by atoms with Crippen LogP contribution in [0, 0.1) is 0 Å². The Morgan fingerprint density at radius 3 is 2.56 bits per heavy atom. The second-order valence-electron chi connectivity index (χ2n) is 4.42. The Morgan fingerprint density at radius 2 is 2.00 bits per heavy atom. The van der Waals surface area contributed by atoms with Gasteiger partial charge in [-0.25, -0.2) is 0 Å². The van der Waals surface area contributed by atoms with Crippen LogP contribution in [0.3, 0.4) is 0 Å². The second kappa shape index (κ2) is 7.71. The predicted octanol–water partition coefficient (Wildman–Crippen LogP) is 1.60. The number of aromatic hydroxyl groups is 1. The molecule has 4 nitrogen and oxygen atoms in total. The van der Waals surface area contributed by atoms with Crippen molar-refractivity contribution in [2.24, 2.45) is 0 Å². The van der Waals surface area contributed by atoms with Crippen LogP contribution in [0.5, 0.6) is 5.75 Å². The first-order valence-electron chi connectivity index (χ1n) is 6.33. The van der Waals surface area contributed by atoms with Crippen molar-refractivity contribution in [2.75, 3.05) is 6.61 Å². The third-order valence-corrected chi connectivity index (χ3v) is 2.76. The van der Waals surface area contributed by atoms with Gasteiger partial charge in [-0.05, 0) is 30.5 Å². The highest BCUT2D eigenvalue weighted by Gasteiger charge is 2.11. The molecule has 18 heavy (non-hydrogen) atoms. The molecule has 1 aromatic carbocycles. The number of phenols is 1. The first kappa shape index (κ1) is 14.5. The minimum atomic E-state index is -0.265. The van der Waals surface area contributed by atoms with Crippen LogP contribution in [-0.2, 0) is 11.2 Å². The summed E-state index contributed by atoms with van der Waals surface area (Å²) in [4.78, 5) is 11.6. The summed E-state index contributed by atoms with van der Waals surface area (Å²) in [5.41, 5.74) is 0.975. The van der Waals surface area contributed by atoms with Gasteiger partial charge in [-0.15, -0.1) is 0 Å². The summed E-state index contributed by atoms with van der Waals surface area (Å²) in [7, 11) is 0. The monoisotopic (exact) mass is 251 g/mol. The zero-order valence-electron chi connectivity index (χ0n) is 10.7. The normalized spacial score (nSPS) is 12.1. The van der Waals surface area contributed by atoms with Crippen LogP contribution < -0.4 is 5.32 Å². The molecule has 100 valence electrons. The summed E-state index contributed by atoms with van der Waals surface area (Å²) < 4.78 is 0. The van der Waals surface area contributed by atoms with Crippen LogP contribution in [0.15, 0.2) is 24.3 Å². The topological polar surface area (TPSA) is 69.6 Å². The second-order valence-corrected chi connectivity index (χ2v) is 4.42. The van der Waals surface area contributed by atoms with E-state index in [4.69, 9.17) is 0 Å². The van der Waals surface area contributed by atoms with E-state index in [0.29, 0.717) is 12.8 Å². The molecule has 4 heteroatoms. The van der Waals surface area contributed by atoms with E-state index in [0.717, 1.165) is 18.4 Å². The minimum absolute atomic E-state index is 0.0188. The Balaban J connectivity index is 2.46. The standard InChI is InChI=1S/C14H21NO3/c1-2-3-4-14(18)15-12(10-16)9-11-5-7-13(17)8-6-11/h5-8,12,16-17H,2-4,9-10H2,1H3,(H,15,18)/t12-/m0/s1. The summed E-state index contributed by atoms with van der Waals surface area (Å²) in [6, 6.07) is 6.51. The van der Waals surface area contributed by atoms with Crippen molar-refractivity contribution in [1.82, 2.24) is 5.32 Å². The number of phenolic OH excluding ortho intramolecular Hbond substituents is 1. The molecule has 0 bridgehead atoms. The number of amides is 1. The Labute approximate surface area is 108 Å². The van der Waals surface area contributed by atoms with Gasteiger partial charge in [0.15, 0.2) is 0 Å². The van der Waals surface area contributed by atoms with E-state index < -0.39 is 0 Å². The first-order chi connectivity index (χ1) is 8.65. The van der Waals surface area contributed by atoms with Crippen LogP contribution in [0.2, 0.25) is 0 Å². The smallest absolute Gasteiger partial charge is 0.220 e. The lowest BCUT2D eigenvalue weighted by molar-refractivity contribution is -0.122. The average Bonchev–Trinajstić information content (AvgIpc) is 2.38. The number of carbonyl (C=O) groups excluding carboxylic acids is 1. The molecule has 0 saturated carbocycles. The van der Waals surface area contributed by atoms with Gasteiger partial charge in [-0.2, -0.15) is 0 Å². The molecule has 0 fully saturated rings. The summed E-state index contributed by atoms with van der Waals surface area (Å²) in [6.45, 7) is 1.95. The van der Waals surface area contributed by atoms with E-state index in [1.165, 1.54) is 0 Å². The van der Waals surface area contributed by atoms with Crippen molar-refractivity contribution in [1.29, 1.82) is 0 Å². The van der Waals surface area contributed by atoms with Gasteiger partial charge in [0, 0.05) is 6.42 Å². The fraction of sp³-hybridized carbons (Fsp3) is 0.500. The van der Waals surface area contributed by atoms with Gasteiger partial charge in [0.1, 0.15) is 5.75 Å². The van der Waals surface area contributed by atoms with E-state index in [9.17, 15) is 15.0 Å². The Hall–Kier alpha value is -1.55. The Bertz CT molecular complexity index is 362. The quantitative estimate of drug-likeness (QED) is 0.689. The highest BCUT2D eigenvalue weighted by molar-refractivity contribution is 5.76. The van der Waals surface area contributed by atoms with Crippen LogP contribution >= 0.6 is 0 Å². The number of benzene rings is 1. The van der Waals surface area contributed by atoms with Crippen LogP contribution in [0.25, 0.3) is 0 Å². The van der Waals surface area contributed by atoms with Crippen molar-refractivity contribution < 1.29 is 15.0 Å². The third kappa shape index (κ3) is 5.19. The molecule has 0 unspecified atom stereocenters. The fourth-order valence-electron chi connectivity index (χ4n) is 1.71. The van der Waals surface area contributed by atoms with Gasteiger partial charge in [-0.1, -0.05) is 25.5 Å². The number of aliphatic hydroxyl groups excluding tert-OH is 1. The number of carbonyl (C=O) groups is 1. The molecule has 1 rings (SSSR count). The van der Waals surface area contributed by atoms with Gasteiger partial charge >= 0.3 is 0 Å². The Kier molecular flexibility index (Phi) is 6.22. The molecule has 1 amide bonds. The molecular formula is C14H21NO3. The lowest BCUT2D eigenvalue weighted by Crippen LogP contribution is -2.38. The van der Waals surface area contributed by atoms with Gasteiger partial charge in [0.05, 0.1) is 12.6 Å². The van der Waals surface area contributed by atoms with E-state index in [1.54, 1.807) is 24.3 Å². The van der Waals surface area contributed by atoms with Gasteiger partial charge < -0.3 is 15.5 Å². The SMILES string of the molecule is CCCCC(=O)N[C@H](CO)Cc1ccc(O)cc1. The molecule has 0 radical (unpaired) electrons. The summed E-state index contributed by atoms with van der Waals surface area (Å²) >= 11 is 0. The van der Waals surface area contributed by atoms with Crippen molar-refractivity contribution in [3.63, 3.8) is 0 Å². The van der Waals surface area contributed by atoms with Crippen molar-refractivity contribution in [2.45, 2.75) is 38.6 Å². The molecule has 0 spiro atoms. The maximum Gasteiger partial charge on any atom is 0.220 e. The fourth-order valence-corrected chi connectivity index (χ4v) is 1.71. The summed E-state index contributed by atoms with van der Waals surface area (Å²) in [6.07, 6.45) is 2.91. The number of hydrogen-bond donors (Lipinski definition) is 3. The molecule has 1 atom stereocenters. The predicted molar refractivity (Wildman–Crippen MR) is 70.4 cm³/mol. The third-order valence-electron chi connectivity index (χ3n) is 2.76.